The summed E-state index contributed by atoms with van der Waals surface area (Å²) in [5, 5.41) is 49.9. The number of hydrogen-bond donors (Lipinski definition) is 6. The summed E-state index contributed by atoms with van der Waals surface area (Å²) in [6, 6.07) is 0. The highest BCUT2D eigenvalue weighted by atomic mass is 16.6. The van der Waals surface area contributed by atoms with E-state index >= 15 is 0 Å². The third-order valence-corrected chi connectivity index (χ3v) is 17.6. The standard InChI is InChI=1S/C74H146N4O10/c1-5-9-13-17-21-25-29-33-37-41-49-67(79)63-77(64-68(80)50-42-38-34-30-26-22-18-14-10-6-2)59-47-45-57-75-71(83)53-55-73(85)87-61-62-88-74(86)56-54-72(84)76-58-46-48-60-78(65-69(81)51-43-39-35-31-27-23-19-15-11-7-3)66-70(82)52-44-40-36-32-28-24-20-16-12-8-4/h67-70,79-82H,5-66H2,1-4H3,(H,75,83)(H,76,84). The molecule has 0 heterocycles. The molecule has 0 rings (SSSR count). The van der Waals surface area contributed by atoms with Crippen molar-refractivity contribution < 1.29 is 49.1 Å². The highest BCUT2D eigenvalue weighted by molar-refractivity contribution is 5.81. The third kappa shape index (κ3) is 63.8. The Hall–Kier alpha value is -2.36. The molecule has 0 aromatic carbocycles. The second-order valence-electron chi connectivity index (χ2n) is 26.6. The van der Waals surface area contributed by atoms with Crippen LogP contribution in [-0.2, 0) is 28.7 Å². The molecule has 0 aliphatic carbocycles. The Bertz CT molecular complexity index is 1340. The molecule has 0 aromatic rings. The van der Waals surface area contributed by atoms with Crippen molar-refractivity contribution in [3.05, 3.63) is 0 Å². The molecule has 0 aliphatic rings. The van der Waals surface area contributed by atoms with Crippen LogP contribution in [0.5, 0.6) is 0 Å². The summed E-state index contributed by atoms with van der Waals surface area (Å²) in [5.41, 5.74) is 0. The van der Waals surface area contributed by atoms with Gasteiger partial charge >= 0.3 is 11.9 Å². The first kappa shape index (κ1) is 85.6. The van der Waals surface area contributed by atoms with Crippen LogP contribution in [0, 0.1) is 0 Å². The van der Waals surface area contributed by atoms with E-state index in [1.54, 1.807) is 0 Å². The van der Waals surface area contributed by atoms with Crippen molar-refractivity contribution >= 4 is 23.8 Å². The van der Waals surface area contributed by atoms with Gasteiger partial charge in [0.1, 0.15) is 13.2 Å². The molecule has 0 bridgehead atoms. The number of aliphatic hydroxyl groups is 4. The summed E-state index contributed by atoms with van der Waals surface area (Å²) in [4.78, 5) is 54.4. The minimum absolute atomic E-state index is 0.0143. The lowest BCUT2D eigenvalue weighted by molar-refractivity contribution is -0.153. The van der Waals surface area contributed by atoms with Gasteiger partial charge in [0.2, 0.25) is 11.8 Å². The van der Waals surface area contributed by atoms with Gasteiger partial charge in [0.15, 0.2) is 0 Å². The quantitative estimate of drug-likeness (QED) is 0.0249. The van der Waals surface area contributed by atoms with E-state index in [1.807, 2.05) is 0 Å². The van der Waals surface area contributed by atoms with Gasteiger partial charge in [0.05, 0.1) is 37.3 Å². The number of carbonyl (C=O) groups excluding carboxylic acids is 4. The van der Waals surface area contributed by atoms with Crippen molar-refractivity contribution in [1.29, 1.82) is 0 Å². The van der Waals surface area contributed by atoms with Crippen LogP contribution in [0.3, 0.4) is 0 Å². The summed E-state index contributed by atoms with van der Waals surface area (Å²) in [6.07, 6.45) is 54.7. The Morgan fingerprint density at radius 2 is 0.511 bits per heavy atom. The van der Waals surface area contributed by atoms with E-state index in [1.165, 1.54) is 205 Å². The lowest BCUT2D eigenvalue weighted by atomic mass is 10.0. The Morgan fingerprint density at radius 3 is 0.739 bits per heavy atom. The molecular weight excluding hydrogens is 1100 g/mol. The van der Waals surface area contributed by atoms with E-state index in [2.05, 4.69) is 48.1 Å². The van der Waals surface area contributed by atoms with Crippen LogP contribution in [0.4, 0.5) is 0 Å². The second kappa shape index (κ2) is 67.5. The zero-order valence-corrected chi connectivity index (χ0v) is 58.3. The van der Waals surface area contributed by atoms with Crippen LogP contribution in [0.1, 0.15) is 362 Å². The molecule has 14 nitrogen and oxygen atoms in total. The van der Waals surface area contributed by atoms with Crippen LogP contribution in [0.25, 0.3) is 0 Å². The number of amides is 2. The largest absolute Gasteiger partial charge is 0.462 e. The van der Waals surface area contributed by atoms with Crippen molar-refractivity contribution in [3.63, 3.8) is 0 Å². The van der Waals surface area contributed by atoms with Crippen molar-refractivity contribution in [2.75, 3.05) is 65.6 Å². The molecule has 0 aromatic heterocycles. The molecule has 0 saturated carbocycles. The molecule has 0 saturated heterocycles. The van der Waals surface area contributed by atoms with Gasteiger partial charge in [-0.2, -0.15) is 0 Å². The molecule has 522 valence electrons. The molecule has 0 spiro atoms. The van der Waals surface area contributed by atoms with Crippen LogP contribution in [-0.4, -0.2) is 144 Å². The highest BCUT2D eigenvalue weighted by Crippen LogP contribution is 2.18. The average molecular weight is 1250 g/mol. The number of carbonyl (C=O) groups is 4. The summed E-state index contributed by atoms with van der Waals surface area (Å²) in [6.45, 7) is 13.3. The molecule has 4 unspecified atom stereocenters. The predicted octanol–water partition coefficient (Wildman–Crippen LogP) is 16.7. The third-order valence-electron chi connectivity index (χ3n) is 17.6. The molecule has 0 fully saturated rings. The molecule has 0 radical (unpaired) electrons. The van der Waals surface area contributed by atoms with E-state index in [-0.39, 0.29) is 50.7 Å². The number of aliphatic hydroxyl groups excluding tert-OH is 4. The average Bonchev–Trinajstić information content (AvgIpc) is 3.53. The molecule has 0 aliphatic heterocycles. The number of hydrogen-bond acceptors (Lipinski definition) is 12. The highest BCUT2D eigenvalue weighted by Gasteiger charge is 2.19. The maximum atomic E-state index is 12.6. The fraction of sp³-hybridized carbons (Fsp3) is 0.946. The lowest BCUT2D eigenvalue weighted by Gasteiger charge is -2.27. The smallest absolute Gasteiger partial charge is 0.306 e. The Balaban J connectivity index is 4.57. The fourth-order valence-corrected chi connectivity index (χ4v) is 12.0. The Kier molecular flexibility index (Phi) is 65.7. The first-order valence-corrected chi connectivity index (χ1v) is 37.9. The van der Waals surface area contributed by atoms with Gasteiger partial charge in [-0.15, -0.1) is 0 Å². The minimum Gasteiger partial charge on any atom is -0.462 e. The SMILES string of the molecule is CCCCCCCCCCCCC(O)CN(CCCCNC(=O)CCC(=O)OCCOC(=O)CCC(=O)NCCCCN(CC(O)CCCCCCCCCCCC)CC(O)CCCCCCCCCCCC)CC(O)CCCCCCCCCCCC. The zero-order valence-electron chi connectivity index (χ0n) is 58.3. The van der Waals surface area contributed by atoms with Crippen LogP contribution in [0.2, 0.25) is 0 Å². The monoisotopic (exact) mass is 1250 g/mol. The van der Waals surface area contributed by atoms with Crippen molar-refractivity contribution in [1.82, 2.24) is 20.4 Å². The van der Waals surface area contributed by atoms with E-state index in [9.17, 15) is 39.6 Å². The number of unbranched alkanes of at least 4 members (excludes halogenated alkanes) is 38. The summed E-state index contributed by atoms with van der Waals surface area (Å²) >= 11 is 0. The Labute approximate surface area is 542 Å². The van der Waals surface area contributed by atoms with Gasteiger partial charge in [-0.05, 0) is 64.5 Å². The first-order valence-electron chi connectivity index (χ1n) is 37.9. The number of esters is 2. The summed E-state index contributed by atoms with van der Waals surface area (Å²) < 4.78 is 10.4. The predicted molar refractivity (Wildman–Crippen MR) is 368 cm³/mol. The molecule has 14 heteroatoms. The van der Waals surface area contributed by atoms with E-state index in [4.69, 9.17) is 9.47 Å². The summed E-state index contributed by atoms with van der Waals surface area (Å²) in [5.74, 6) is -1.60. The van der Waals surface area contributed by atoms with Gasteiger partial charge in [0, 0.05) is 52.1 Å². The maximum absolute atomic E-state index is 12.6. The van der Waals surface area contributed by atoms with Gasteiger partial charge in [0.25, 0.3) is 0 Å². The van der Waals surface area contributed by atoms with Crippen molar-refractivity contribution in [3.8, 4) is 0 Å². The van der Waals surface area contributed by atoms with Gasteiger partial charge in [-0.3, -0.25) is 29.0 Å². The van der Waals surface area contributed by atoms with Crippen molar-refractivity contribution in [2.24, 2.45) is 0 Å². The Morgan fingerprint density at radius 1 is 0.295 bits per heavy atom. The molecule has 88 heavy (non-hydrogen) atoms. The normalized spacial score (nSPS) is 13.1. The van der Waals surface area contributed by atoms with Crippen LogP contribution < -0.4 is 10.6 Å². The zero-order chi connectivity index (χ0) is 64.4. The lowest BCUT2D eigenvalue weighted by Crippen LogP contribution is -2.39. The number of nitrogens with one attached hydrogen (secondary N) is 2. The minimum atomic E-state index is -0.557. The van der Waals surface area contributed by atoms with Crippen LogP contribution >= 0.6 is 0 Å². The van der Waals surface area contributed by atoms with E-state index < -0.39 is 36.4 Å². The van der Waals surface area contributed by atoms with E-state index in [0.717, 1.165) is 116 Å². The maximum Gasteiger partial charge on any atom is 0.306 e. The van der Waals surface area contributed by atoms with Crippen LogP contribution in [0.15, 0.2) is 0 Å². The second-order valence-corrected chi connectivity index (χ2v) is 26.6. The fourth-order valence-electron chi connectivity index (χ4n) is 12.0. The number of ether oxygens (including phenoxy) is 2. The van der Waals surface area contributed by atoms with Gasteiger partial charge in [-0.25, -0.2) is 0 Å². The first-order chi connectivity index (χ1) is 42.9. The van der Waals surface area contributed by atoms with Gasteiger partial charge in [-0.1, -0.05) is 285 Å². The molecule has 6 N–H and O–H groups in total. The molecular formula is C74H146N4O10. The summed E-state index contributed by atoms with van der Waals surface area (Å²) in [7, 11) is 0. The number of rotatable bonds is 71. The topological polar surface area (TPSA) is 198 Å². The van der Waals surface area contributed by atoms with Crippen molar-refractivity contribution in [2.45, 2.75) is 386 Å². The number of nitrogens with zero attached hydrogens (tertiary/aromatic N) is 2. The van der Waals surface area contributed by atoms with Gasteiger partial charge < -0.3 is 40.5 Å². The molecule has 4 atom stereocenters. The molecule has 2 amide bonds. The van der Waals surface area contributed by atoms with E-state index in [0.29, 0.717) is 39.3 Å².